The van der Waals surface area contributed by atoms with E-state index in [1.807, 2.05) is 42.5 Å². The predicted octanol–water partition coefficient (Wildman–Crippen LogP) is 12.8. The Kier molecular flexibility index (Phi) is 44.8. The van der Waals surface area contributed by atoms with E-state index in [0.29, 0.717) is 12.8 Å². The van der Waals surface area contributed by atoms with Crippen molar-refractivity contribution >= 4 is 11.9 Å². The molecule has 410 valence electrons. The molecule has 11 heteroatoms. The number of amides is 1. The molecular formula is C60H105NO10. The van der Waals surface area contributed by atoms with E-state index < -0.39 is 67.4 Å². The van der Waals surface area contributed by atoms with E-state index in [4.69, 9.17) is 14.2 Å². The van der Waals surface area contributed by atoms with Crippen molar-refractivity contribution in [1.82, 2.24) is 5.32 Å². The Morgan fingerprint density at radius 1 is 0.563 bits per heavy atom. The molecule has 1 fully saturated rings. The van der Waals surface area contributed by atoms with E-state index in [9.17, 15) is 35.1 Å². The Labute approximate surface area is 432 Å². The van der Waals surface area contributed by atoms with Crippen LogP contribution in [0.5, 0.6) is 0 Å². The molecule has 71 heavy (non-hydrogen) atoms. The lowest BCUT2D eigenvalue weighted by Gasteiger charge is -2.41. The number of unbranched alkanes of at least 4 members (excludes halogenated alkanes) is 26. The normalized spacial score (nSPS) is 20.1. The van der Waals surface area contributed by atoms with Crippen LogP contribution >= 0.6 is 0 Å². The summed E-state index contributed by atoms with van der Waals surface area (Å²) in [6, 6.07) is -1.04. The van der Waals surface area contributed by atoms with E-state index in [0.717, 1.165) is 83.5 Å². The topological polar surface area (TPSA) is 175 Å². The van der Waals surface area contributed by atoms with Gasteiger partial charge in [-0.25, -0.2) is 0 Å². The first-order valence-corrected chi connectivity index (χ1v) is 28.8. The third kappa shape index (κ3) is 36.6. The summed E-state index contributed by atoms with van der Waals surface area (Å²) in [5, 5.41) is 56.8. The van der Waals surface area contributed by atoms with Crippen LogP contribution in [0.3, 0.4) is 0 Å². The lowest BCUT2D eigenvalue weighted by molar-refractivity contribution is -0.305. The van der Waals surface area contributed by atoms with Gasteiger partial charge in [-0.05, 0) is 70.6 Å². The van der Waals surface area contributed by atoms with Gasteiger partial charge in [-0.3, -0.25) is 9.59 Å². The zero-order chi connectivity index (χ0) is 51.8. The summed E-state index contributed by atoms with van der Waals surface area (Å²) in [5.74, 6) is -1.23. The van der Waals surface area contributed by atoms with Crippen molar-refractivity contribution < 1.29 is 49.3 Å². The molecule has 8 atom stereocenters. The van der Waals surface area contributed by atoms with Crippen LogP contribution in [0.2, 0.25) is 0 Å². The van der Waals surface area contributed by atoms with Crippen molar-refractivity contribution in [3.05, 3.63) is 72.9 Å². The largest absolute Gasteiger partial charge is 0.454 e. The second kappa shape index (κ2) is 48.1. The molecule has 0 saturated carbocycles. The van der Waals surface area contributed by atoms with Crippen LogP contribution in [0.4, 0.5) is 0 Å². The minimum absolute atomic E-state index is 0.113. The Bertz CT molecular complexity index is 1430. The Hall–Kier alpha value is -2.90. The maximum atomic E-state index is 13.4. The number of ether oxygens (including phenoxy) is 3. The summed E-state index contributed by atoms with van der Waals surface area (Å²) in [6.07, 6.45) is 49.4. The highest BCUT2D eigenvalue weighted by molar-refractivity contribution is 5.80. The smallest absolute Gasteiger partial charge is 0.306 e. The quantitative estimate of drug-likeness (QED) is 0.0149. The van der Waals surface area contributed by atoms with Gasteiger partial charge >= 0.3 is 5.97 Å². The minimum Gasteiger partial charge on any atom is -0.454 e. The van der Waals surface area contributed by atoms with Crippen molar-refractivity contribution in [3.8, 4) is 0 Å². The predicted molar refractivity (Wildman–Crippen MR) is 292 cm³/mol. The Morgan fingerprint density at radius 3 is 1.58 bits per heavy atom. The number of hydrogen-bond acceptors (Lipinski definition) is 10. The van der Waals surface area contributed by atoms with Gasteiger partial charge in [0.05, 0.1) is 25.4 Å². The number of aliphatic hydroxyl groups excluding tert-OH is 5. The van der Waals surface area contributed by atoms with Crippen LogP contribution in [-0.4, -0.2) is 99.6 Å². The maximum Gasteiger partial charge on any atom is 0.306 e. The molecule has 1 aliphatic heterocycles. The number of rotatable bonds is 47. The molecule has 8 unspecified atom stereocenters. The minimum atomic E-state index is -1.62. The van der Waals surface area contributed by atoms with Crippen molar-refractivity contribution in [2.75, 3.05) is 13.2 Å². The fourth-order valence-corrected chi connectivity index (χ4v) is 8.60. The molecular weight excluding hydrogens is 895 g/mol. The van der Waals surface area contributed by atoms with Gasteiger partial charge in [-0.15, -0.1) is 0 Å². The molecule has 11 nitrogen and oxygen atoms in total. The standard InChI is InChI=1S/C60H105NO10/c1-4-7-10-13-16-19-22-25-27-30-33-36-39-42-45-48-55(65)71-58-57(67)56(66)54(49-62)70-60(58)69-50-51(52(63)46-43-40-37-34-31-28-24-21-18-15-12-9-6-3)61-59(68)53(64)47-44-41-38-35-32-29-26-23-20-17-14-11-8-5-2/h8,11,14,17,19-20,22-23,26,29,43,46,51-54,56-58,60,62-64,66-67H,4-7,9-10,12-13,15-16,18,21,24-25,27-28,30-42,44-45,47-50H2,1-3H3,(H,61,68)/b11-8+,17-14+,22-19-,23-20+,29-26-,46-43+. The first-order chi connectivity index (χ1) is 34.7. The molecule has 1 amide bonds. The molecule has 1 saturated heterocycles. The van der Waals surface area contributed by atoms with Gasteiger partial charge in [-0.2, -0.15) is 0 Å². The summed E-state index contributed by atoms with van der Waals surface area (Å²) in [7, 11) is 0. The van der Waals surface area contributed by atoms with Gasteiger partial charge in [0.25, 0.3) is 0 Å². The fourth-order valence-electron chi connectivity index (χ4n) is 8.60. The van der Waals surface area contributed by atoms with Gasteiger partial charge in [0.15, 0.2) is 12.4 Å². The van der Waals surface area contributed by atoms with E-state index in [1.54, 1.807) is 6.08 Å². The van der Waals surface area contributed by atoms with Crippen molar-refractivity contribution in [2.24, 2.45) is 0 Å². The van der Waals surface area contributed by atoms with Crippen molar-refractivity contribution in [2.45, 2.75) is 282 Å². The lowest BCUT2D eigenvalue weighted by atomic mass is 9.99. The third-order valence-electron chi connectivity index (χ3n) is 13.2. The summed E-state index contributed by atoms with van der Waals surface area (Å²) < 4.78 is 17.6. The summed E-state index contributed by atoms with van der Waals surface area (Å²) in [5.41, 5.74) is 0. The average Bonchev–Trinajstić information content (AvgIpc) is 3.37. The average molecular weight is 1000 g/mol. The van der Waals surface area contributed by atoms with Gasteiger partial charge in [0.2, 0.25) is 5.91 Å². The monoisotopic (exact) mass is 1000 g/mol. The number of allylic oxidation sites excluding steroid dienone is 11. The van der Waals surface area contributed by atoms with E-state index in [2.05, 4.69) is 50.4 Å². The fraction of sp³-hybridized carbons (Fsp3) is 0.767. The van der Waals surface area contributed by atoms with Crippen LogP contribution in [0.15, 0.2) is 72.9 Å². The van der Waals surface area contributed by atoms with Gasteiger partial charge in [0.1, 0.15) is 24.4 Å². The summed E-state index contributed by atoms with van der Waals surface area (Å²) in [6.45, 7) is 5.60. The van der Waals surface area contributed by atoms with Crippen LogP contribution in [0.25, 0.3) is 0 Å². The molecule has 0 spiro atoms. The van der Waals surface area contributed by atoms with E-state index in [1.165, 1.54) is 103 Å². The number of aliphatic hydroxyl groups is 5. The van der Waals surface area contributed by atoms with E-state index >= 15 is 0 Å². The first kappa shape index (κ1) is 66.1. The van der Waals surface area contributed by atoms with Gasteiger partial charge in [0, 0.05) is 6.42 Å². The first-order valence-electron chi connectivity index (χ1n) is 28.8. The molecule has 0 aromatic rings. The molecule has 0 radical (unpaired) electrons. The maximum absolute atomic E-state index is 13.4. The molecule has 1 heterocycles. The van der Waals surface area contributed by atoms with Crippen molar-refractivity contribution in [1.29, 1.82) is 0 Å². The van der Waals surface area contributed by atoms with Gasteiger partial charge in [-0.1, -0.05) is 229 Å². The summed E-state index contributed by atoms with van der Waals surface area (Å²) >= 11 is 0. The Balaban J connectivity index is 2.77. The molecule has 0 bridgehead atoms. The number of esters is 1. The van der Waals surface area contributed by atoms with Crippen LogP contribution in [-0.2, 0) is 23.8 Å². The second-order valence-electron chi connectivity index (χ2n) is 19.7. The molecule has 1 aliphatic rings. The van der Waals surface area contributed by atoms with Crippen LogP contribution in [0, 0.1) is 0 Å². The zero-order valence-corrected chi connectivity index (χ0v) is 45.1. The van der Waals surface area contributed by atoms with Gasteiger partial charge < -0.3 is 45.1 Å². The number of carbonyl (C=O) groups excluding carboxylic acids is 2. The number of nitrogens with one attached hydrogen (secondary N) is 1. The number of hydrogen-bond donors (Lipinski definition) is 6. The SMILES string of the molecule is CC/C=C/C=C/C=C/C=C\CCCCCCC(O)C(=O)NC(COC1OC(CO)C(O)C(O)C1OC(=O)CCCCCCCCC/C=C\CCCCCC)C(O)/C=C/CCCCCCCCCCCCC. The lowest BCUT2D eigenvalue weighted by Crippen LogP contribution is -2.61. The molecule has 6 N–H and O–H groups in total. The van der Waals surface area contributed by atoms with Crippen LogP contribution in [0.1, 0.15) is 233 Å². The van der Waals surface area contributed by atoms with E-state index in [-0.39, 0.29) is 19.4 Å². The molecule has 0 aliphatic carbocycles. The molecule has 0 aromatic heterocycles. The Morgan fingerprint density at radius 2 is 1.03 bits per heavy atom. The molecule has 1 rings (SSSR count). The highest BCUT2D eigenvalue weighted by atomic mass is 16.7. The van der Waals surface area contributed by atoms with Crippen LogP contribution < -0.4 is 5.32 Å². The van der Waals surface area contributed by atoms with Crippen molar-refractivity contribution in [3.63, 3.8) is 0 Å². The molecule has 0 aromatic carbocycles. The second-order valence-corrected chi connectivity index (χ2v) is 19.7. The zero-order valence-electron chi connectivity index (χ0n) is 45.1. The highest BCUT2D eigenvalue weighted by Crippen LogP contribution is 2.26. The summed E-state index contributed by atoms with van der Waals surface area (Å²) in [4.78, 5) is 26.4. The number of carbonyl (C=O) groups is 2. The third-order valence-corrected chi connectivity index (χ3v) is 13.2. The highest BCUT2D eigenvalue weighted by Gasteiger charge is 2.47.